The third-order valence-electron chi connectivity index (χ3n) is 3.98. The van der Waals surface area contributed by atoms with Crippen LogP contribution in [0.1, 0.15) is 37.9 Å². The summed E-state index contributed by atoms with van der Waals surface area (Å²) in [6, 6.07) is 0. The summed E-state index contributed by atoms with van der Waals surface area (Å²) >= 11 is 6.32. The topological polar surface area (TPSA) is 67.2 Å². The van der Waals surface area contributed by atoms with Crippen LogP contribution in [-0.4, -0.2) is 33.9 Å². The quantitative estimate of drug-likeness (QED) is 0.756. The first kappa shape index (κ1) is 17.0. The second kappa shape index (κ2) is 6.84. The number of hydrogen-bond donors (Lipinski definition) is 2. The number of carbonyl (C=O) groups excluding carboxylic acids is 1. The van der Waals surface area contributed by atoms with Crippen molar-refractivity contribution in [3.05, 3.63) is 22.5 Å². The largest absolute Gasteiger partial charge is 0.396 e. The number of nitrogens with one attached hydrogen (secondary N) is 1. The van der Waals surface area contributed by atoms with Gasteiger partial charge in [-0.25, -0.2) is 0 Å². The maximum atomic E-state index is 11.9. The standard InChI is InChI=1S/C16H24ClN3O2/c1-11(2)8-20-15(17)13(12(3)19-20)4-5-14(22)18-9-16(10-21)6-7-16/h4-5,11,21H,6-10H2,1-3H3,(H,18,22)/b5-4+. The lowest BCUT2D eigenvalue weighted by atomic mass is 10.1. The Labute approximate surface area is 136 Å². The number of amides is 1. The Morgan fingerprint density at radius 3 is 2.77 bits per heavy atom. The highest BCUT2D eigenvalue weighted by molar-refractivity contribution is 6.31. The average Bonchev–Trinajstić information content (AvgIpc) is 3.19. The second-order valence-electron chi connectivity index (χ2n) is 6.58. The number of rotatable bonds is 7. The Morgan fingerprint density at radius 2 is 2.23 bits per heavy atom. The van der Waals surface area contributed by atoms with E-state index in [0.29, 0.717) is 17.6 Å². The molecule has 0 radical (unpaired) electrons. The summed E-state index contributed by atoms with van der Waals surface area (Å²) < 4.78 is 1.77. The van der Waals surface area contributed by atoms with E-state index < -0.39 is 0 Å². The van der Waals surface area contributed by atoms with Gasteiger partial charge in [-0.2, -0.15) is 5.10 Å². The van der Waals surface area contributed by atoms with Gasteiger partial charge in [-0.05, 0) is 31.8 Å². The first-order valence-corrected chi connectivity index (χ1v) is 8.04. The van der Waals surface area contributed by atoms with E-state index >= 15 is 0 Å². The molecule has 2 rings (SSSR count). The number of nitrogens with zero attached hydrogens (tertiary/aromatic N) is 2. The van der Waals surface area contributed by atoms with Gasteiger partial charge in [0.1, 0.15) is 5.15 Å². The summed E-state index contributed by atoms with van der Waals surface area (Å²) in [4.78, 5) is 11.9. The van der Waals surface area contributed by atoms with Crippen molar-refractivity contribution < 1.29 is 9.90 Å². The molecule has 0 aromatic carbocycles. The van der Waals surface area contributed by atoms with Gasteiger partial charge < -0.3 is 10.4 Å². The minimum atomic E-state index is -0.174. The number of aryl methyl sites for hydroxylation is 1. The van der Waals surface area contributed by atoms with Gasteiger partial charge in [-0.15, -0.1) is 0 Å². The third kappa shape index (κ3) is 4.11. The van der Waals surface area contributed by atoms with Crippen molar-refractivity contribution in [2.24, 2.45) is 11.3 Å². The molecule has 0 spiro atoms. The van der Waals surface area contributed by atoms with Crippen LogP contribution in [-0.2, 0) is 11.3 Å². The zero-order valence-electron chi connectivity index (χ0n) is 13.4. The van der Waals surface area contributed by atoms with E-state index in [2.05, 4.69) is 24.3 Å². The average molecular weight is 326 g/mol. The van der Waals surface area contributed by atoms with Gasteiger partial charge in [0, 0.05) is 30.1 Å². The van der Waals surface area contributed by atoms with Crippen LogP contribution in [0.4, 0.5) is 0 Å². The van der Waals surface area contributed by atoms with Crippen molar-refractivity contribution in [2.75, 3.05) is 13.2 Å². The summed E-state index contributed by atoms with van der Waals surface area (Å²) in [5.41, 5.74) is 1.50. The molecule has 5 nitrogen and oxygen atoms in total. The summed E-state index contributed by atoms with van der Waals surface area (Å²) in [6.07, 6.45) is 5.12. The molecule has 0 atom stereocenters. The highest BCUT2D eigenvalue weighted by atomic mass is 35.5. The van der Waals surface area contributed by atoms with E-state index in [1.54, 1.807) is 10.8 Å². The van der Waals surface area contributed by atoms with Gasteiger partial charge in [-0.1, -0.05) is 25.4 Å². The Morgan fingerprint density at radius 1 is 1.55 bits per heavy atom. The summed E-state index contributed by atoms with van der Waals surface area (Å²) in [5, 5.41) is 17.0. The second-order valence-corrected chi connectivity index (χ2v) is 6.93. The fraction of sp³-hybridized carbons (Fsp3) is 0.625. The molecule has 122 valence electrons. The zero-order valence-corrected chi connectivity index (χ0v) is 14.2. The lowest BCUT2D eigenvalue weighted by Gasteiger charge is -2.11. The van der Waals surface area contributed by atoms with Gasteiger partial charge in [0.05, 0.1) is 12.3 Å². The molecule has 1 saturated carbocycles. The molecule has 1 aromatic heterocycles. The SMILES string of the molecule is Cc1nn(CC(C)C)c(Cl)c1/C=C/C(=O)NCC1(CO)CC1. The van der Waals surface area contributed by atoms with Crippen LogP contribution in [0.2, 0.25) is 5.15 Å². The summed E-state index contributed by atoms with van der Waals surface area (Å²) in [5.74, 6) is 0.275. The first-order valence-electron chi connectivity index (χ1n) is 7.66. The van der Waals surface area contributed by atoms with Gasteiger partial charge in [0.15, 0.2) is 0 Å². The number of hydrogen-bond acceptors (Lipinski definition) is 3. The molecule has 1 heterocycles. The van der Waals surface area contributed by atoms with Gasteiger partial charge >= 0.3 is 0 Å². The first-order chi connectivity index (χ1) is 10.4. The van der Waals surface area contributed by atoms with Crippen LogP contribution < -0.4 is 5.32 Å². The molecule has 1 aliphatic rings. The van der Waals surface area contributed by atoms with Gasteiger partial charge in [0.25, 0.3) is 0 Å². The Hall–Kier alpha value is -1.33. The number of halogens is 1. The molecule has 6 heteroatoms. The molecular weight excluding hydrogens is 302 g/mol. The predicted molar refractivity (Wildman–Crippen MR) is 87.6 cm³/mol. The van der Waals surface area contributed by atoms with Crippen molar-refractivity contribution in [1.82, 2.24) is 15.1 Å². The van der Waals surface area contributed by atoms with E-state index in [-0.39, 0.29) is 17.9 Å². The number of aromatic nitrogens is 2. The monoisotopic (exact) mass is 325 g/mol. The van der Waals surface area contributed by atoms with Crippen LogP contribution in [0.15, 0.2) is 6.08 Å². The van der Waals surface area contributed by atoms with Crippen LogP contribution in [0.3, 0.4) is 0 Å². The third-order valence-corrected chi connectivity index (χ3v) is 4.38. The Bertz CT molecular complexity index is 574. The highest BCUT2D eigenvalue weighted by Gasteiger charge is 2.41. The lowest BCUT2D eigenvalue weighted by molar-refractivity contribution is -0.116. The molecule has 2 N–H and O–H groups in total. The number of aliphatic hydroxyl groups is 1. The number of aliphatic hydroxyl groups excluding tert-OH is 1. The molecule has 0 aliphatic heterocycles. The van der Waals surface area contributed by atoms with Crippen molar-refractivity contribution in [1.29, 1.82) is 0 Å². The van der Waals surface area contributed by atoms with Crippen LogP contribution in [0.25, 0.3) is 6.08 Å². The van der Waals surface area contributed by atoms with E-state index in [1.165, 1.54) is 6.08 Å². The van der Waals surface area contributed by atoms with E-state index in [9.17, 15) is 9.90 Å². The van der Waals surface area contributed by atoms with Gasteiger partial charge in [-0.3, -0.25) is 9.48 Å². The molecule has 0 bridgehead atoms. The van der Waals surface area contributed by atoms with Gasteiger partial charge in [0.2, 0.25) is 5.91 Å². The van der Waals surface area contributed by atoms with Crippen molar-refractivity contribution >= 4 is 23.6 Å². The van der Waals surface area contributed by atoms with Crippen LogP contribution in [0, 0.1) is 18.3 Å². The molecule has 1 aliphatic carbocycles. The smallest absolute Gasteiger partial charge is 0.244 e. The molecule has 0 saturated heterocycles. The number of carbonyl (C=O) groups is 1. The highest BCUT2D eigenvalue weighted by Crippen LogP contribution is 2.44. The molecule has 0 unspecified atom stereocenters. The minimum absolute atomic E-state index is 0.0841. The lowest BCUT2D eigenvalue weighted by Crippen LogP contribution is -2.30. The summed E-state index contributed by atoms with van der Waals surface area (Å²) in [6.45, 7) is 7.48. The van der Waals surface area contributed by atoms with Crippen molar-refractivity contribution in [2.45, 2.75) is 40.2 Å². The molecule has 22 heavy (non-hydrogen) atoms. The maximum absolute atomic E-state index is 11.9. The van der Waals surface area contributed by atoms with Crippen molar-refractivity contribution in [3.63, 3.8) is 0 Å². The van der Waals surface area contributed by atoms with E-state index in [0.717, 1.165) is 30.6 Å². The maximum Gasteiger partial charge on any atom is 0.244 e. The fourth-order valence-corrected chi connectivity index (χ4v) is 2.59. The normalized spacial score (nSPS) is 16.5. The minimum Gasteiger partial charge on any atom is -0.396 e. The molecular formula is C16H24ClN3O2. The van der Waals surface area contributed by atoms with E-state index in [1.807, 2.05) is 6.92 Å². The van der Waals surface area contributed by atoms with Crippen LogP contribution >= 0.6 is 11.6 Å². The van der Waals surface area contributed by atoms with Crippen LogP contribution in [0.5, 0.6) is 0 Å². The Balaban J connectivity index is 1.97. The summed E-state index contributed by atoms with van der Waals surface area (Å²) in [7, 11) is 0. The van der Waals surface area contributed by atoms with E-state index in [4.69, 9.17) is 11.6 Å². The fourth-order valence-electron chi connectivity index (χ4n) is 2.28. The predicted octanol–water partition coefficient (Wildman–Crippen LogP) is 2.40. The molecule has 1 amide bonds. The molecule has 1 aromatic rings. The Kier molecular flexibility index (Phi) is 5.29. The zero-order chi connectivity index (χ0) is 16.3. The molecule has 1 fully saturated rings. The van der Waals surface area contributed by atoms with Crippen molar-refractivity contribution in [3.8, 4) is 0 Å².